The van der Waals surface area contributed by atoms with Gasteiger partial charge in [0.05, 0.1) is 17.6 Å². The van der Waals surface area contributed by atoms with Crippen LogP contribution >= 0.6 is 11.6 Å². The van der Waals surface area contributed by atoms with Crippen LogP contribution in [0.25, 0.3) is 5.70 Å². The van der Waals surface area contributed by atoms with Crippen LogP contribution in [0, 0.1) is 0 Å². The van der Waals surface area contributed by atoms with Crippen molar-refractivity contribution in [3.05, 3.63) is 58.9 Å². The standard InChI is InChI=1S/C16H20ClN7O2/c1-9(11-4-3-7-21-14(11)17)26-16(25)23-15(24(2)20)13(19)12-6-5-10(18)8-22-12/h3-9H,18-20H2,1-2H3,(H,23,25)/b15-13-. The maximum absolute atomic E-state index is 12.2. The van der Waals surface area contributed by atoms with E-state index >= 15 is 0 Å². The minimum atomic E-state index is -0.761. The number of aromatic nitrogens is 2. The molecule has 0 aromatic carbocycles. The molecule has 0 spiro atoms. The number of halogens is 1. The highest BCUT2D eigenvalue weighted by Crippen LogP contribution is 2.23. The molecule has 0 saturated carbocycles. The molecule has 0 radical (unpaired) electrons. The van der Waals surface area contributed by atoms with Gasteiger partial charge in [-0.05, 0) is 25.1 Å². The molecule has 0 aliphatic carbocycles. The Morgan fingerprint density at radius 1 is 1.35 bits per heavy atom. The lowest BCUT2D eigenvalue weighted by Crippen LogP contribution is -2.39. The SMILES string of the molecule is CC(OC(=O)N/C(=C(/N)c1ccc(N)cn1)N(C)N)c1cccnc1Cl. The van der Waals surface area contributed by atoms with Crippen LogP contribution in [0.4, 0.5) is 10.5 Å². The van der Waals surface area contributed by atoms with E-state index in [0.717, 1.165) is 5.01 Å². The molecule has 0 fully saturated rings. The van der Waals surface area contributed by atoms with Crippen molar-refractivity contribution in [3.63, 3.8) is 0 Å². The number of carbonyl (C=O) groups excluding carboxylic acids is 1. The lowest BCUT2D eigenvalue weighted by Gasteiger charge is -2.21. The molecule has 1 amide bonds. The van der Waals surface area contributed by atoms with Crippen LogP contribution in [0.5, 0.6) is 0 Å². The first kappa shape index (κ1) is 19.3. The zero-order chi connectivity index (χ0) is 19.3. The summed E-state index contributed by atoms with van der Waals surface area (Å²) in [4.78, 5) is 20.3. The van der Waals surface area contributed by atoms with Gasteiger partial charge in [-0.3, -0.25) is 15.3 Å². The second-order valence-corrected chi connectivity index (χ2v) is 5.76. The summed E-state index contributed by atoms with van der Waals surface area (Å²) < 4.78 is 5.32. The molecular formula is C16H20ClN7O2. The summed E-state index contributed by atoms with van der Waals surface area (Å²) in [6.45, 7) is 1.67. The normalized spacial score (nSPS) is 12.8. The Morgan fingerprint density at radius 3 is 2.65 bits per heavy atom. The molecule has 7 N–H and O–H groups in total. The second kappa shape index (κ2) is 8.37. The lowest BCUT2D eigenvalue weighted by molar-refractivity contribution is 0.107. The van der Waals surface area contributed by atoms with Crippen molar-refractivity contribution in [1.82, 2.24) is 20.3 Å². The van der Waals surface area contributed by atoms with E-state index in [1.54, 1.807) is 37.4 Å². The lowest BCUT2D eigenvalue weighted by atomic mass is 10.2. The third kappa shape index (κ3) is 4.74. The molecule has 138 valence electrons. The molecule has 2 aromatic heterocycles. The van der Waals surface area contributed by atoms with Gasteiger partial charge >= 0.3 is 6.09 Å². The molecule has 9 nitrogen and oxygen atoms in total. The first-order chi connectivity index (χ1) is 12.3. The van der Waals surface area contributed by atoms with E-state index in [1.807, 2.05) is 0 Å². The van der Waals surface area contributed by atoms with Gasteiger partial charge < -0.3 is 16.2 Å². The highest BCUT2D eigenvalue weighted by molar-refractivity contribution is 6.30. The van der Waals surface area contributed by atoms with Gasteiger partial charge in [-0.1, -0.05) is 17.7 Å². The van der Waals surface area contributed by atoms with Crippen LogP contribution in [0.15, 0.2) is 42.5 Å². The van der Waals surface area contributed by atoms with Gasteiger partial charge in [0.25, 0.3) is 0 Å². The van der Waals surface area contributed by atoms with Crippen LogP contribution in [0.1, 0.15) is 24.3 Å². The second-order valence-electron chi connectivity index (χ2n) is 5.41. The van der Waals surface area contributed by atoms with E-state index in [-0.39, 0.29) is 16.7 Å². The predicted molar refractivity (Wildman–Crippen MR) is 99.0 cm³/mol. The third-order valence-electron chi connectivity index (χ3n) is 3.40. The molecule has 2 rings (SSSR count). The van der Waals surface area contributed by atoms with Crippen molar-refractivity contribution in [2.24, 2.45) is 11.6 Å². The monoisotopic (exact) mass is 377 g/mol. The smallest absolute Gasteiger partial charge is 0.413 e. The Kier molecular flexibility index (Phi) is 6.21. The zero-order valence-corrected chi connectivity index (χ0v) is 15.1. The Hall–Kier alpha value is -3.04. The molecule has 1 atom stereocenters. The molecule has 0 aliphatic heterocycles. The first-order valence-corrected chi connectivity index (χ1v) is 7.95. The van der Waals surface area contributed by atoms with Crippen LogP contribution in [-0.2, 0) is 4.74 Å². The average Bonchev–Trinajstić information content (AvgIpc) is 2.59. The average molecular weight is 378 g/mol. The van der Waals surface area contributed by atoms with Gasteiger partial charge in [-0.25, -0.2) is 15.6 Å². The minimum Gasteiger partial charge on any atom is -0.441 e. The number of hydrazine groups is 1. The Balaban J connectivity index is 2.16. The molecule has 0 bridgehead atoms. The van der Waals surface area contributed by atoms with Crippen LogP contribution in [0.2, 0.25) is 5.15 Å². The largest absolute Gasteiger partial charge is 0.441 e. The molecule has 10 heteroatoms. The van der Waals surface area contributed by atoms with Gasteiger partial charge in [0.15, 0.2) is 5.82 Å². The highest BCUT2D eigenvalue weighted by Gasteiger charge is 2.18. The fourth-order valence-electron chi connectivity index (χ4n) is 2.08. The number of carbonyl (C=O) groups is 1. The van der Waals surface area contributed by atoms with Gasteiger partial charge in [-0.2, -0.15) is 0 Å². The van der Waals surface area contributed by atoms with E-state index in [4.69, 9.17) is 33.6 Å². The number of ether oxygens (including phenoxy) is 1. The van der Waals surface area contributed by atoms with E-state index in [1.165, 1.54) is 13.2 Å². The number of hydrogen-bond donors (Lipinski definition) is 4. The van der Waals surface area contributed by atoms with Crippen LogP contribution in [0.3, 0.4) is 0 Å². The summed E-state index contributed by atoms with van der Waals surface area (Å²) >= 11 is 6.00. The quantitative estimate of drug-likeness (QED) is 0.349. The molecular weight excluding hydrogens is 358 g/mol. The minimum absolute atomic E-state index is 0.122. The molecule has 1 unspecified atom stereocenters. The van der Waals surface area contributed by atoms with E-state index in [9.17, 15) is 4.79 Å². The van der Waals surface area contributed by atoms with Gasteiger partial charge in [0.2, 0.25) is 0 Å². The predicted octanol–water partition coefficient (Wildman–Crippen LogP) is 1.59. The number of nitrogen functional groups attached to an aromatic ring is 1. The number of pyridine rings is 2. The number of anilines is 1. The molecule has 0 aliphatic rings. The first-order valence-electron chi connectivity index (χ1n) is 7.57. The van der Waals surface area contributed by atoms with Crippen LogP contribution in [-0.4, -0.2) is 28.1 Å². The van der Waals surface area contributed by atoms with Gasteiger partial charge in [-0.15, -0.1) is 0 Å². The number of rotatable bonds is 5. The summed E-state index contributed by atoms with van der Waals surface area (Å²) in [5.74, 6) is 5.88. The van der Waals surface area contributed by atoms with E-state index in [0.29, 0.717) is 16.9 Å². The fourth-order valence-corrected chi connectivity index (χ4v) is 2.36. The van der Waals surface area contributed by atoms with Gasteiger partial charge in [0.1, 0.15) is 17.0 Å². The summed E-state index contributed by atoms with van der Waals surface area (Å²) in [5.41, 5.74) is 13.3. The number of nitrogens with two attached hydrogens (primary N) is 3. The van der Waals surface area contributed by atoms with Crippen molar-refractivity contribution in [2.45, 2.75) is 13.0 Å². The highest BCUT2D eigenvalue weighted by atomic mass is 35.5. The Bertz CT molecular complexity index is 809. The number of amides is 1. The summed E-state index contributed by atoms with van der Waals surface area (Å²) in [7, 11) is 1.52. The van der Waals surface area contributed by atoms with Crippen molar-refractivity contribution in [2.75, 3.05) is 12.8 Å². The van der Waals surface area contributed by atoms with E-state index < -0.39 is 12.2 Å². The number of nitrogens with one attached hydrogen (secondary N) is 1. The Labute approximate surface area is 155 Å². The number of nitrogens with zero attached hydrogens (tertiary/aromatic N) is 3. The molecule has 26 heavy (non-hydrogen) atoms. The topological polar surface area (TPSA) is 145 Å². The third-order valence-corrected chi connectivity index (χ3v) is 3.72. The van der Waals surface area contributed by atoms with E-state index in [2.05, 4.69) is 15.3 Å². The summed E-state index contributed by atoms with van der Waals surface area (Å²) in [6, 6.07) is 6.65. The van der Waals surface area contributed by atoms with Crippen molar-refractivity contribution in [3.8, 4) is 0 Å². The zero-order valence-electron chi connectivity index (χ0n) is 14.3. The Morgan fingerprint density at radius 2 is 2.08 bits per heavy atom. The van der Waals surface area contributed by atoms with Gasteiger partial charge in [0, 0.05) is 18.8 Å². The molecule has 2 aromatic rings. The number of alkyl carbamates (subject to hydrolysis) is 1. The molecule has 2 heterocycles. The fraction of sp³-hybridized carbons (Fsp3) is 0.188. The maximum Gasteiger partial charge on any atom is 0.413 e. The van der Waals surface area contributed by atoms with Crippen LogP contribution < -0.4 is 22.6 Å². The van der Waals surface area contributed by atoms with Crippen molar-refractivity contribution < 1.29 is 9.53 Å². The molecule has 0 saturated heterocycles. The van der Waals surface area contributed by atoms with Crippen molar-refractivity contribution >= 4 is 29.1 Å². The summed E-state index contributed by atoms with van der Waals surface area (Å²) in [6.07, 6.45) is 1.60. The van der Waals surface area contributed by atoms with Crippen molar-refractivity contribution in [1.29, 1.82) is 0 Å². The maximum atomic E-state index is 12.2. The summed E-state index contributed by atoms with van der Waals surface area (Å²) in [5, 5.41) is 3.91. The number of hydrogen-bond acceptors (Lipinski definition) is 8.